The molecule has 1 heterocycles. The Labute approximate surface area is 101 Å². The van der Waals surface area contributed by atoms with Gasteiger partial charge >= 0.3 is 5.97 Å². The van der Waals surface area contributed by atoms with Gasteiger partial charge in [0, 0.05) is 0 Å². The topological polar surface area (TPSA) is 76.2 Å². The predicted octanol–water partition coefficient (Wildman–Crippen LogP) is 3.38. The number of nitrogens with two attached hydrogens (primary N) is 1. The molecule has 0 fully saturated rings. The molecule has 0 spiro atoms. The maximum atomic E-state index is 10.6. The second kappa shape index (κ2) is 8.97. The first-order valence-electron chi connectivity index (χ1n) is 5.18. The van der Waals surface area contributed by atoms with Crippen molar-refractivity contribution in [3.8, 4) is 0 Å². The third-order valence-electron chi connectivity index (χ3n) is 1.45. The second-order valence-corrected chi connectivity index (χ2v) is 2.68. The van der Waals surface area contributed by atoms with Crippen LogP contribution >= 0.6 is 11.6 Å². The number of aromatic nitrogens is 1. The van der Waals surface area contributed by atoms with Crippen molar-refractivity contribution in [3.05, 3.63) is 22.5 Å². The zero-order valence-corrected chi connectivity index (χ0v) is 11.1. The summed E-state index contributed by atoms with van der Waals surface area (Å²) in [6, 6.07) is 1.23. The van der Waals surface area contributed by atoms with Crippen LogP contribution in [-0.2, 0) is 0 Å². The van der Waals surface area contributed by atoms with Gasteiger partial charge in [0.25, 0.3) is 0 Å². The molecule has 0 aromatic carbocycles. The first-order valence-corrected chi connectivity index (χ1v) is 5.56. The van der Waals surface area contributed by atoms with Crippen molar-refractivity contribution in [1.82, 2.24) is 4.98 Å². The molecule has 1 rings (SSSR count). The first-order chi connectivity index (χ1) is 7.52. The third-order valence-corrected chi connectivity index (χ3v) is 1.64. The van der Waals surface area contributed by atoms with Crippen LogP contribution in [0.3, 0.4) is 0 Å². The highest BCUT2D eigenvalue weighted by molar-refractivity contribution is 6.29. The molecule has 5 heteroatoms. The number of halogens is 1. The quantitative estimate of drug-likeness (QED) is 0.745. The summed E-state index contributed by atoms with van der Waals surface area (Å²) >= 11 is 5.54. The Kier molecular flexibility index (Phi) is 9.60. The van der Waals surface area contributed by atoms with Crippen LogP contribution in [0.4, 0.5) is 5.69 Å². The number of hydrogen-bond acceptors (Lipinski definition) is 3. The van der Waals surface area contributed by atoms with Crippen LogP contribution in [0.1, 0.15) is 43.7 Å². The van der Waals surface area contributed by atoms with E-state index in [1.165, 1.54) is 6.07 Å². The average Bonchev–Trinajstić information content (AvgIpc) is 2.28. The molecule has 0 aliphatic heterocycles. The zero-order chi connectivity index (χ0) is 13.3. The summed E-state index contributed by atoms with van der Waals surface area (Å²) in [5.41, 5.74) is 6.03. The lowest BCUT2D eigenvalue weighted by Crippen LogP contribution is -2.05. The Morgan fingerprint density at radius 1 is 1.38 bits per heavy atom. The molecule has 0 aliphatic rings. The number of carbonyl (C=O) groups is 1. The third kappa shape index (κ3) is 4.98. The predicted molar refractivity (Wildman–Crippen MR) is 68.1 cm³/mol. The maximum absolute atomic E-state index is 10.6. The van der Waals surface area contributed by atoms with E-state index in [4.69, 9.17) is 22.4 Å². The van der Waals surface area contributed by atoms with Gasteiger partial charge in [-0.2, -0.15) is 0 Å². The van der Waals surface area contributed by atoms with Gasteiger partial charge < -0.3 is 10.8 Å². The van der Waals surface area contributed by atoms with Crippen molar-refractivity contribution < 1.29 is 9.90 Å². The molecule has 0 bridgehead atoms. The van der Waals surface area contributed by atoms with Crippen LogP contribution in [0.5, 0.6) is 0 Å². The summed E-state index contributed by atoms with van der Waals surface area (Å²) in [4.78, 5) is 14.4. The highest BCUT2D eigenvalue weighted by Crippen LogP contribution is 2.18. The van der Waals surface area contributed by atoms with E-state index in [1.807, 2.05) is 27.7 Å². The number of nitrogens with zero attached hydrogens (tertiary/aromatic N) is 1. The van der Waals surface area contributed by atoms with E-state index in [0.29, 0.717) is 5.69 Å². The molecule has 4 nitrogen and oxygen atoms in total. The SMILES string of the molecule is CC.CC.Cc1nc(Cl)cc(C(=O)O)c1N. The lowest BCUT2D eigenvalue weighted by Gasteiger charge is -2.03. The number of pyridine rings is 1. The van der Waals surface area contributed by atoms with E-state index in [-0.39, 0.29) is 16.4 Å². The van der Waals surface area contributed by atoms with Crippen LogP contribution in [-0.4, -0.2) is 16.1 Å². The molecular weight excluding hydrogens is 228 g/mol. The van der Waals surface area contributed by atoms with Crippen molar-refractivity contribution in [2.75, 3.05) is 5.73 Å². The number of hydrogen-bond donors (Lipinski definition) is 2. The molecule has 1 aromatic heterocycles. The largest absolute Gasteiger partial charge is 0.478 e. The number of carboxylic acids is 1. The van der Waals surface area contributed by atoms with E-state index in [1.54, 1.807) is 6.92 Å². The fourth-order valence-corrected chi connectivity index (χ4v) is 1.06. The number of aryl methyl sites for hydroxylation is 1. The minimum atomic E-state index is -1.10. The van der Waals surface area contributed by atoms with Crippen LogP contribution < -0.4 is 5.73 Å². The molecule has 16 heavy (non-hydrogen) atoms. The van der Waals surface area contributed by atoms with E-state index in [0.717, 1.165) is 0 Å². The molecule has 0 unspecified atom stereocenters. The Hall–Kier alpha value is -1.29. The Bertz CT molecular complexity index is 341. The number of rotatable bonds is 1. The van der Waals surface area contributed by atoms with Gasteiger partial charge in [-0.05, 0) is 13.0 Å². The normalized spacial score (nSPS) is 8.12. The smallest absolute Gasteiger partial charge is 0.337 e. The zero-order valence-electron chi connectivity index (χ0n) is 10.3. The fraction of sp³-hybridized carbons (Fsp3) is 0.455. The highest BCUT2D eigenvalue weighted by Gasteiger charge is 2.11. The van der Waals surface area contributed by atoms with E-state index in [9.17, 15) is 4.79 Å². The lowest BCUT2D eigenvalue weighted by molar-refractivity contribution is 0.0698. The van der Waals surface area contributed by atoms with Gasteiger partial charge in [0.2, 0.25) is 0 Å². The van der Waals surface area contributed by atoms with Crippen LogP contribution in [0.15, 0.2) is 6.07 Å². The number of aromatic carboxylic acids is 1. The lowest BCUT2D eigenvalue weighted by atomic mass is 10.2. The standard InChI is InChI=1S/C7H7ClN2O2.2C2H6/c1-3-6(9)4(7(11)12)2-5(8)10-3;2*1-2/h2H,9H2,1H3,(H,11,12);2*1-2H3. The summed E-state index contributed by atoms with van der Waals surface area (Å²) < 4.78 is 0. The van der Waals surface area contributed by atoms with Gasteiger partial charge in [0.15, 0.2) is 0 Å². The van der Waals surface area contributed by atoms with Crippen LogP contribution in [0.2, 0.25) is 5.15 Å². The minimum Gasteiger partial charge on any atom is -0.478 e. The van der Waals surface area contributed by atoms with Gasteiger partial charge in [-0.3, -0.25) is 0 Å². The second-order valence-electron chi connectivity index (χ2n) is 2.30. The molecule has 0 amide bonds. The molecule has 3 N–H and O–H groups in total. The summed E-state index contributed by atoms with van der Waals surface area (Å²) in [6.45, 7) is 9.60. The van der Waals surface area contributed by atoms with Gasteiger partial charge in [0.1, 0.15) is 5.15 Å². The highest BCUT2D eigenvalue weighted by atomic mass is 35.5. The average molecular weight is 247 g/mol. The van der Waals surface area contributed by atoms with Crippen molar-refractivity contribution in [2.24, 2.45) is 0 Å². The number of carboxylic acid groups (broad SMARTS) is 1. The summed E-state index contributed by atoms with van der Waals surface area (Å²) in [5.74, 6) is -1.10. The first kappa shape index (κ1) is 17.1. The number of anilines is 1. The van der Waals surface area contributed by atoms with Crippen LogP contribution in [0, 0.1) is 6.92 Å². The molecule has 0 aliphatic carbocycles. The Balaban J connectivity index is 0. The molecule has 92 valence electrons. The van der Waals surface area contributed by atoms with Crippen molar-refractivity contribution in [3.63, 3.8) is 0 Å². The van der Waals surface area contributed by atoms with E-state index in [2.05, 4.69) is 4.98 Å². The molecule has 0 atom stereocenters. The van der Waals surface area contributed by atoms with Crippen LogP contribution in [0.25, 0.3) is 0 Å². The van der Waals surface area contributed by atoms with Gasteiger partial charge in [-0.1, -0.05) is 39.3 Å². The van der Waals surface area contributed by atoms with E-state index < -0.39 is 5.97 Å². The van der Waals surface area contributed by atoms with Crippen molar-refractivity contribution >= 4 is 23.3 Å². The Morgan fingerprint density at radius 3 is 2.19 bits per heavy atom. The van der Waals surface area contributed by atoms with Crippen molar-refractivity contribution in [1.29, 1.82) is 0 Å². The fourth-order valence-electron chi connectivity index (χ4n) is 0.821. The van der Waals surface area contributed by atoms with Crippen molar-refractivity contribution in [2.45, 2.75) is 34.6 Å². The van der Waals surface area contributed by atoms with Gasteiger partial charge in [-0.15, -0.1) is 0 Å². The monoisotopic (exact) mass is 246 g/mol. The molecule has 0 saturated heterocycles. The van der Waals surface area contributed by atoms with E-state index >= 15 is 0 Å². The maximum Gasteiger partial charge on any atom is 0.337 e. The molecule has 0 saturated carbocycles. The summed E-state index contributed by atoms with van der Waals surface area (Å²) in [5, 5.41) is 8.79. The van der Waals surface area contributed by atoms with Gasteiger partial charge in [-0.25, -0.2) is 9.78 Å². The molecule has 0 radical (unpaired) electrons. The summed E-state index contributed by atoms with van der Waals surface area (Å²) in [6.07, 6.45) is 0. The Morgan fingerprint density at radius 2 is 1.81 bits per heavy atom. The number of nitrogen functional groups attached to an aromatic ring is 1. The molecular formula is C11H19ClN2O2. The van der Waals surface area contributed by atoms with Gasteiger partial charge in [0.05, 0.1) is 16.9 Å². The summed E-state index contributed by atoms with van der Waals surface area (Å²) in [7, 11) is 0. The molecule has 1 aromatic rings. The minimum absolute atomic E-state index is 0.00694.